The zero-order chi connectivity index (χ0) is 28.6. The molecule has 0 saturated carbocycles. The molecule has 1 aromatic heterocycles. The number of carbonyl (C=O) groups is 2. The Morgan fingerprint density at radius 3 is 2.58 bits per heavy atom. The summed E-state index contributed by atoms with van der Waals surface area (Å²) < 4.78 is 78.9. The SMILES string of the molecule is CCn1cc(S(=O)(=O)N2C[C@H](C[C@H](O)C(N)=O)Oc3ccc(NC(=O)OC(C)(C)C(F)(F)F)cc32)c(Cl)n1. The third-order valence-electron chi connectivity index (χ3n) is 5.56. The Morgan fingerprint density at radius 1 is 1.37 bits per heavy atom. The first-order valence-corrected chi connectivity index (χ1v) is 12.9. The van der Waals surface area contributed by atoms with Crippen molar-refractivity contribution in [1.29, 1.82) is 0 Å². The van der Waals surface area contributed by atoms with Gasteiger partial charge in [-0.3, -0.25) is 19.1 Å². The van der Waals surface area contributed by atoms with Crippen LogP contribution in [0.2, 0.25) is 5.15 Å². The maximum absolute atomic E-state index is 13.6. The summed E-state index contributed by atoms with van der Waals surface area (Å²) in [6.07, 6.45) is -8.08. The largest absolute Gasteiger partial charge is 0.486 e. The average Bonchev–Trinajstić information content (AvgIpc) is 3.19. The molecule has 4 N–H and O–H groups in total. The van der Waals surface area contributed by atoms with Gasteiger partial charge in [0.1, 0.15) is 22.9 Å². The molecule has 0 radical (unpaired) electrons. The number of hydrogen-bond donors (Lipinski definition) is 3. The van der Waals surface area contributed by atoms with Gasteiger partial charge in [0.15, 0.2) is 5.15 Å². The number of nitrogens with one attached hydrogen (secondary N) is 1. The Morgan fingerprint density at radius 2 is 2.03 bits per heavy atom. The predicted molar refractivity (Wildman–Crippen MR) is 128 cm³/mol. The van der Waals surface area contributed by atoms with E-state index < -0.39 is 52.6 Å². The molecule has 1 aliphatic heterocycles. The predicted octanol–water partition coefficient (Wildman–Crippen LogP) is 2.64. The lowest BCUT2D eigenvalue weighted by atomic mass is 10.1. The Labute approximate surface area is 220 Å². The van der Waals surface area contributed by atoms with E-state index >= 15 is 0 Å². The summed E-state index contributed by atoms with van der Waals surface area (Å²) in [5.74, 6) is -1.07. The molecule has 0 saturated heterocycles. The van der Waals surface area contributed by atoms with E-state index in [-0.39, 0.29) is 33.6 Å². The number of nitrogens with zero attached hydrogens (tertiary/aromatic N) is 3. The smallest absolute Gasteiger partial charge is 0.427 e. The highest BCUT2D eigenvalue weighted by atomic mass is 35.5. The zero-order valence-electron chi connectivity index (χ0n) is 20.3. The lowest BCUT2D eigenvalue weighted by molar-refractivity contribution is -0.242. The molecule has 2 atom stereocenters. The molecule has 0 spiro atoms. The van der Waals surface area contributed by atoms with Crippen molar-refractivity contribution in [3.05, 3.63) is 29.5 Å². The van der Waals surface area contributed by atoms with E-state index in [0.29, 0.717) is 20.4 Å². The summed E-state index contributed by atoms with van der Waals surface area (Å²) in [6.45, 7) is 2.95. The van der Waals surface area contributed by atoms with Crippen molar-refractivity contribution in [2.45, 2.75) is 62.6 Å². The van der Waals surface area contributed by atoms with Crippen molar-refractivity contribution in [2.24, 2.45) is 5.73 Å². The molecule has 17 heteroatoms. The van der Waals surface area contributed by atoms with E-state index in [1.807, 2.05) is 0 Å². The van der Waals surface area contributed by atoms with Crippen LogP contribution in [0.5, 0.6) is 5.75 Å². The first-order chi connectivity index (χ1) is 17.5. The number of nitrogens with two attached hydrogens (primary N) is 1. The van der Waals surface area contributed by atoms with E-state index in [9.17, 15) is 36.3 Å². The van der Waals surface area contributed by atoms with Crippen molar-refractivity contribution < 1.29 is 45.8 Å². The number of aliphatic hydroxyl groups excluding tert-OH is 1. The molecule has 2 aromatic rings. The van der Waals surface area contributed by atoms with Crippen LogP contribution in [0.1, 0.15) is 27.2 Å². The van der Waals surface area contributed by atoms with Crippen LogP contribution in [0.3, 0.4) is 0 Å². The number of ether oxygens (including phenoxy) is 2. The fourth-order valence-electron chi connectivity index (χ4n) is 3.37. The van der Waals surface area contributed by atoms with Crippen molar-refractivity contribution in [3.63, 3.8) is 0 Å². The van der Waals surface area contributed by atoms with Gasteiger partial charge < -0.3 is 20.3 Å². The minimum absolute atomic E-state index is 0.0324. The molecule has 2 heterocycles. The van der Waals surface area contributed by atoms with Gasteiger partial charge in [0.2, 0.25) is 11.5 Å². The molecule has 210 valence electrons. The highest BCUT2D eigenvalue weighted by molar-refractivity contribution is 7.93. The summed E-state index contributed by atoms with van der Waals surface area (Å²) in [4.78, 5) is 23.2. The second-order valence-corrected chi connectivity index (χ2v) is 11.0. The molecule has 0 bridgehead atoms. The van der Waals surface area contributed by atoms with Gasteiger partial charge in [0.05, 0.1) is 12.2 Å². The molecule has 1 aliphatic rings. The highest BCUT2D eigenvalue weighted by Gasteiger charge is 2.51. The summed E-state index contributed by atoms with van der Waals surface area (Å²) in [5, 5.41) is 15.6. The van der Waals surface area contributed by atoms with Gasteiger partial charge >= 0.3 is 12.3 Å². The minimum Gasteiger partial charge on any atom is -0.486 e. The van der Waals surface area contributed by atoms with Crippen molar-refractivity contribution >= 4 is 45.0 Å². The van der Waals surface area contributed by atoms with Crippen LogP contribution in [0.25, 0.3) is 0 Å². The van der Waals surface area contributed by atoms with Crippen LogP contribution in [0.15, 0.2) is 29.3 Å². The number of aliphatic hydroxyl groups is 1. The van der Waals surface area contributed by atoms with Crippen LogP contribution in [-0.4, -0.2) is 65.8 Å². The van der Waals surface area contributed by atoms with E-state index in [4.69, 9.17) is 22.1 Å². The lowest BCUT2D eigenvalue weighted by Gasteiger charge is -2.36. The van der Waals surface area contributed by atoms with Crippen molar-refractivity contribution in [3.8, 4) is 5.75 Å². The molecule has 0 fully saturated rings. The van der Waals surface area contributed by atoms with Crippen LogP contribution < -0.4 is 20.1 Å². The number of hydrogen-bond acceptors (Lipinski definition) is 8. The number of sulfonamides is 1. The fraction of sp³-hybridized carbons (Fsp3) is 0.476. The van der Waals surface area contributed by atoms with Gasteiger partial charge in [-0.1, -0.05) is 11.6 Å². The van der Waals surface area contributed by atoms with Gasteiger partial charge in [-0.25, -0.2) is 13.2 Å². The van der Waals surface area contributed by atoms with Gasteiger partial charge in [-0.15, -0.1) is 0 Å². The number of amides is 2. The summed E-state index contributed by atoms with van der Waals surface area (Å²) in [7, 11) is -4.43. The Balaban J connectivity index is 2.00. The Kier molecular flexibility index (Phi) is 8.10. The number of carbonyl (C=O) groups excluding carboxylic acids is 2. The molecule has 0 unspecified atom stereocenters. The van der Waals surface area contributed by atoms with Crippen LogP contribution in [0.4, 0.5) is 29.3 Å². The summed E-state index contributed by atoms with van der Waals surface area (Å²) in [6, 6.07) is 3.64. The summed E-state index contributed by atoms with van der Waals surface area (Å²) >= 11 is 6.08. The van der Waals surface area contributed by atoms with E-state index in [0.717, 1.165) is 10.4 Å². The second kappa shape index (κ2) is 10.5. The number of alkyl halides is 3. The molecule has 2 amide bonds. The van der Waals surface area contributed by atoms with Gasteiger partial charge in [0.25, 0.3) is 10.0 Å². The molecular formula is C21H25ClF3N5O7S. The molecular weight excluding hydrogens is 559 g/mol. The maximum Gasteiger partial charge on any atom is 0.427 e. The minimum atomic E-state index is -4.84. The Bertz CT molecular complexity index is 1330. The summed E-state index contributed by atoms with van der Waals surface area (Å²) in [5.41, 5.74) is 2.09. The third-order valence-corrected chi connectivity index (χ3v) is 7.73. The third kappa shape index (κ3) is 6.07. The number of benzene rings is 1. The highest BCUT2D eigenvalue weighted by Crippen LogP contribution is 2.41. The normalized spacial score (nSPS) is 16.8. The average molecular weight is 584 g/mol. The quantitative estimate of drug-likeness (QED) is 0.426. The number of rotatable bonds is 8. The molecule has 0 aliphatic carbocycles. The van der Waals surface area contributed by atoms with Gasteiger partial charge in [0, 0.05) is 24.8 Å². The Hall–Kier alpha value is -3.24. The van der Waals surface area contributed by atoms with E-state index in [1.54, 1.807) is 6.92 Å². The number of fused-ring (bicyclic) bond motifs is 1. The van der Waals surface area contributed by atoms with Crippen LogP contribution in [0, 0.1) is 0 Å². The van der Waals surface area contributed by atoms with Crippen LogP contribution in [-0.2, 0) is 26.1 Å². The first-order valence-electron chi connectivity index (χ1n) is 11.1. The maximum atomic E-state index is 13.6. The number of primary amides is 1. The second-order valence-electron chi connectivity index (χ2n) is 8.77. The number of anilines is 2. The number of aryl methyl sites for hydroxylation is 1. The molecule has 38 heavy (non-hydrogen) atoms. The van der Waals surface area contributed by atoms with Crippen molar-refractivity contribution in [1.82, 2.24) is 9.78 Å². The fourth-order valence-corrected chi connectivity index (χ4v) is 5.32. The molecule has 3 rings (SSSR count). The van der Waals surface area contributed by atoms with E-state index in [2.05, 4.69) is 15.2 Å². The number of halogens is 4. The van der Waals surface area contributed by atoms with Crippen molar-refractivity contribution in [2.75, 3.05) is 16.2 Å². The van der Waals surface area contributed by atoms with E-state index in [1.165, 1.54) is 23.0 Å². The topological polar surface area (TPSA) is 166 Å². The van der Waals surface area contributed by atoms with Gasteiger partial charge in [-0.2, -0.15) is 18.3 Å². The standard InChI is InChI=1S/C21H25ClF3N5O7S/c1-4-29-10-16(17(22)28-29)38(34,35)30-9-12(8-14(31)18(26)32)36-15-6-5-11(7-13(15)30)27-19(33)37-20(2,3)21(23,24)25/h5-7,10,12,14,31H,4,8-9H2,1-3H3,(H2,26,32)(H,27,33)/t12-,14-/m0/s1. The van der Waals surface area contributed by atoms with Gasteiger partial charge in [-0.05, 0) is 39.0 Å². The molecule has 1 aromatic carbocycles. The monoisotopic (exact) mass is 583 g/mol. The zero-order valence-corrected chi connectivity index (χ0v) is 21.9. The number of aromatic nitrogens is 2. The first kappa shape index (κ1) is 29.3. The van der Waals surface area contributed by atoms with Crippen LogP contribution >= 0.6 is 11.6 Å². The lowest BCUT2D eigenvalue weighted by Crippen LogP contribution is -2.46. The molecule has 12 nitrogen and oxygen atoms in total.